The van der Waals surface area contributed by atoms with Gasteiger partial charge in [-0.3, -0.25) is 4.98 Å². The first kappa shape index (κ1) is 13.9. The SMILES string of the molecule is O=C=N[C@](O)(CCC1CCCCC1)c1ccccn1. The summed E-state index contributed by atoms with van der Waals surface area (Å²) in [6, 6.07) is 5.26. The fraction of sp³-hybridized carbons (Fsp3) is 0.600. The third-order valence-corrected chi connectivity index (χ3v) is 3.93. The van der Waals surface area contributed by atoms with E-state index < -0.39 is 5.72 Å². The first-order valence-electron chi connectivity index (χ1n) is 6.97. The monoisotopic (exact) mass is 260 g/mol. The van der Waals surface area contributed by atoms with Gasteiger partial charge >= 0.3 is 0 Å². The topological polar surface area (TPSA) is 62.5 Å². The number of aliphatic imine (C=N–C) groups is 1. The van der Waals surface area contributed by atoms with Gasteiger partial charge in [-0.15, -0.1) is 0 Å². The van der Waals surface area contributed by atoms with E-state index in [1.54, 1.807) is 24.4 Å². The molecule has 1 aromatic rings. The third kappa shape index (κ3) is 3.72. The van der Waals surface area contributed by atoms with Gasteiger partial charge in [0.25, 0.3) is 0 Å². The number of aliphatic hydroxyl groups is 1. The molecule has 1 fully saturated rings. The Morgan fingerprint density at radius 1 is 1.37 bits per heavy atom. The molecule has 1 aromatic heterocycles. The van der Waals surface area contributed by atoms with Gasteiger partial charge in [0.05, 0.1) is 5.69 Å². The maximum atomic E-state index is 10.6. The molecule has 4 heteroatoms. The van der Waals surface area contributed by atoms with Crippen LogP contribution in [0, 0.1) is 5.92 Å². The predicted molar refractivity (Wildman–Crippen MR) is 72.1 cm³/mol. The molecule has 0 radical (unpaired) electrons. The average molecular weight is 260 g/mol. The van der Waals surface area contributed by atoms with Crippen molar-refractivity contribution in [2.45, 2.75) is 50.7 Å². The molecule has 1 N–H and O–H groups in total. The van der Waals surface area contributed by atoms with Crippen molar-refractivity contribution in [2.75, 3.05) is 0 Å². The molecule has 1 atom stereocenters. The molecule has 0 unspecified atom stereocenters. The van der Waals surface area contributed by atoms with E-state index in [2.05, 4.69) is 9.98 Å². The molecule has 1 aliphatic carbocycles. The highest BCUT2D eigenvalue weighted by molar-refractivity contribution is 5.35. The molecule has 1 aliphatic rings. The van der Waals surface area contributed by atoms with E-state index in [0.29, 0.717) is 18.0 Å². The Labute approximate surface area is 113 Å². The molecule has 0 spiro atoms. The number of hydrogen-bond donors (Lipinski definition) is 1. The van der Waals surface area contributed by atoms with Gasteiger partial charge in [0.2, 0.25) is 11.8 Å². The molecule has 0 aliphatic heterocycles. The van der Waals surface area contributed by atoms with Gasteiger partial charge in [0.1, 0.15) is 0 Å². The minimum Gasteiger partial charge on any atom is -0.364 e. The van der Waals surface area contributed by atoms with Gasteiger partial charge in [-0.1, -0.05) is 38.2 Å². The summed E-state index contributed by atoms with van der Waals surface area (Å²) in [7, 11) is 0. The summed E-state index contributed by atoms with van der Waals surface area (Å²) in [4.78, 5) is 18.3. The molecular weight excluding hydrogens is 240 g/mol. The predicted octanol–water partition coefficient (Wildman–Crippen LogP) is 2.92. The van der Waals surface area contributed by atoms with E-state index in [1.807, 2.05) is 0 Å². The lowest BCUT2D eigenvalue weighted by atomic mass is 9.84. The average Bonchev–Trinajstić information content (AvgIpc) is 2.48. The van der Waals surface area contributed by atoms with E-state index in [-0.39, 0.29) is 0 Å². The Hall–Kier alpha value is -1.51. The quantitative estimate of drug-likeness (QED) is 0.654. The molecule has 19 heavy (non-hydrogen) atoms. The van der Waals surface area contributed by atoms with Gasteiger partial charge in [-0.25, -0.2) is 4.79 Å². The minimum atomic E-state index is -1.51. The highest BCUT2D eigenvalue weighted by Crippen LogP contribution is 2.33. The van der Waals surface area contributed by atoms with Crippen molar-refractivity contribution in [3.8, 4) is 0 Å². The molecule has 0 aromatic carbocycles. The molecule has 102 valence electrons. The molecule has 1 saturated carbocycles. The van der Waals surface area contributed by atoms with Crippen molar-refractivity contribution in [3.05, 3.63) is 30.1 Å². The van der Waals surface area contributed by atoms with Crippen molar-refractivity contribution in [1.29, 1.82) is 0 Å². The van der Waals surface area contributed by atoms with Crippen molar-refractivity contribution in [1.82, 2.24) is 4.98 Å². The van der Waals surface area contributed by atoms with Gasteiger partial charge in [0.15, 0.2) is 0 Å². The van der Waals surface area contributed by atoms with Crippen molar-refractivity contribution >= 4 is 6.08 Å². The van der Waals surface area contributed by atoms with E-state index >= 15 is 0 Å². The van der Waals surface area contributed by atoms with Crippen LogP contribution in [-0.2, 0) is 10.5 Å². The van der Waals surface area contributed by atoms with Gasteiger partial charge in [-0.2, -0.15) is 4.99 Å². The first-order valence-corrected chi connectivity index (χ1v) is 6.97. The highest BCUT2D eigenvalue weighted by Gasteiger charge is 2.31. The lowest BCUT2D eigenvalue weighted by Crippen LogP contribution is -2.25. The molecule has 0 bridgehead atoms. The van der Waals surface area contributed by atoms with Crippen LogP contribution in [0.15, 0.2) is 29.4 Å². The second-order valence-corrected chi connectivity index (χ2v) is 5.28. The number of carbonyl (C=O) groups excluding carboxylic acids is 1. The Morgan fingerprint density at radius 3 is 2.79 bits per heavy atom. The summed E-state index contributed by atoms with van der Waals surface area (Å²) in [6.45, 7) is 0. The Bertz CT molecular complexity index is 437. The van der Waals surface area contributed by atoms with E-state index in [0.717, 1.165) is 6.42 Å². The largest absolute Gasteiger partial charge is 0.364 e. The van der Waals surface area contributed by atoms with Gasteiger partial charge in [0, 0.05) is 12.6 Å². The number of aromatic nitrogens is 1. The number of nitrogens with zero attached hydrogens (tertiary/aromatic N) is 2. The highest BCUT2D eigenvalue weighted by atomic mass is 16.3. The molecule has 0 saturated heterocycles. The Morgan fingerprint density at radius 2 is 2.16 bits per heavy atom. The van der Waals surface area contributed by atoms with Crippen LogP contribution in [0.25, 0.3) is 0 Å². The Kier molecular flexibility index (Phi) is 4.83. The number of hydrogen-bond acceptors (Lipinski definition) is 4. The molecular formula is C15H20N2O2. The zero-order valence-corrected chi connectivity index (χ0v) is 11.1. The normalized spacial score (nSPS) is 19.4. The lowest BCUT2D eigenvalue weighted by molar-refractivity contribution is 0.0243. The van der Waals surface area contributed by atoms with Gasteiger partial charge < -0.3 is 5.11 Å². The van der Waals surface area contributed by atoms with Crippen LogP contribution in [0.3, 0.4) is 0 Å². The molecule has 4 nitrogen and oxygen atoms in total. The van der Waals surface area contributed by atoms with E-state index in [4.69, 9.17) is 0 Å². The van der Waals surface area contributed by atoms with Crippen molar-refractivity contribution in [3.63, 3.8) is 0 Å². The zero-order valence-electron chi connectivity index (χ0n) is 11.1. The summed E-state index contributed by atoms with van der Waals surface area (Å²) < 4.78 is 0. The van der Waals surface area contributed by atoms with Crippen LogP contribution in [0.1, 0.15) is 50.6 Å². The zero-order chi connectivity index (χ0) is 13.6. The third-order valence-electron chi connectivity index (χ3n) is 3.93. The first-order chi connectivity index (χ1) is 9.24. The molecule has 2 rings (SSSR count). The summed E-state index contributed by atoms with van der Waals surface area (Å²) in [6.07, 6.45) is 10.7. The van der Waals surface area contributed by atoms with Crippen LogP contribution in [0.4, 0.5) is 0 Å². The van der Waals surface area contributed by atoms with Crippen LogP contribution in [-0.4, -0.2) is 16.2 Å². The van der Waals surface area contributed by atoms with Gasteiger partial charge in [-0.05, 0) is 24.5 Å². The second kappa shape index (κ2) is 6.60. The molecule has 0 amide bonds. The van der Waals surface area contributed by atoms with Crippen LogP contribution in [0.2, 0.25) is 0 Å². The summed E-state index contributed by atoms with van der Waals surface area (Å²) in [5, 5.41) is 10.5. The standard InChI is InChI=1S/C15H20N2O2/c18-12-17-15(19,14-8-4-5-11-16-14)10-9-13-6-2-1-3-7-13/h4-5,8,11,13,19H,1-3,6-7,9-10H2/t15-/m0/s1. The lowest BCUT2D eigenvalue weighted by Gasteiger charge is -2.26. The number of rotatable bonds is 5. The number of pyridine rings is 1. The molecule has 1 heterocycles. The van der Waals surface area contributed by atoms with Crippen LogP contribution in [0.5, 0.6) is 0 Å². The Balaban J connectivity index is 2.05. The van der Waals surface area contributed by atoms with E-state index in [9.17, 15) is 9.90 Å². The second-order valence-electron chi connectivity index (χ2n) is 5.28. The fourth-order valence-corrected chi connectivity index (χ4v) is 2.80. The van der Waals surface area contributed by atoms with Crippen molar-refractivity contribution < 1.29 is 9.90 Å². The van der Waals surface area contributed by atoms with Crippen LogP contribution >= 0.6 is 0 Å². The smallest absolute Gasteiger partial charge is 0.238 e. The minimum absolute atomic E-state index is 0.425. The maximum absolute atomic E-state index is 10.6. The van der Waals surface area contributed by atoms with Crippen LogP contribution < -0.4 is 0 Å². The maximum Gasteiger partial charge on any atom is 0.238 e. The van der Waals surface area contributed by atoms with Crippen molar-refractivity contribution in [2.24, 2.45) is 10.9 Å². The number of isocyanates is 1. The summed E-state index contributed by atoms with van der Waals surface area (Å²) in [5.74, 6) is 0.630. The summed E-state index contributed by atoms with van der Waals surface area (Å²) in [5.41, 5.74) is -1.09. The van der Waals surface area contributed by atoms with E-state index in [1.165, 1.54) is 38.2 Å². The summed E-state index contributed by atoms with van der Waals surface area (Å²) >= 11 is 0. The fourth-order valence-electron chi connectivity index (χ4n) is 2.80.